The third kappa shape index (κ3) is 3.63. The summed E-state index contributed by atoms with van der Waals surface area (Å²) in [6, 6.07) is 0. The van der Waals surface area contributed by atoms with Gasteiger partial charge in [-0.05, 0) is 24.6 Å². The van der Waals surface area contributed by atoms with E-state index in [4.69, 9.17) is 34.8 Å². The highest BCUT2D eigenvalue weighted by molar-refractivity contribution is 6.37. The second kappa shape index (κ2) is 6.03. The van der Waals surface area contributed by atoms with Gasteiger partial charge >= 0.3 is 5.97 Å². The first-order valence-corrected chi connectivity index (χ1v) is 5.41. The molecular formula is C9H7Cl3N2O2. The highest BCUT2D eigenvalue weighted by Gasteiger charge is 2.08. The maximum atomic E-state index is 11.0. The fourth-order valence-corrected chi connectivity index (χ4v) is 1.64. The SMILES string of the molecule is CCOC(=O)C=Cc1c(Cl)nc(Cl)nc1Cl. The molecule has 7 heteroatoms. The molecule has 0 saturated carbocycles. The molecule has 0 radical (unpaired) electrons. The molecule has 1 rings (SSSR count). The van der Waals surface area contributed by atoms with Crippen molar-refractivity contribution >= 4 is 46.8 Å². The van der Waals surface area contributed by atoms with Crippen molar-refractivity contribution < 1.29 is 9.53 Å². The topological polar surface area (TPSA) is 52.1 Å². The second-order valence-electron chi connectivity index (χ2n) is 2.57. The van der Waals surface area contributed by atoms with Crippen LogP contribution >= 0.6 is 34.8 Å². The summed E-state index contributed by atoms with van der Waals surface area (Å²) in [5.74, 6) is -0.496. The van der Waals surface area contributed by atoms with Crippen molar-refractivity contribution in [3.05, 3.63) is 27.2 Å². The molecule has 0 bridgehead atoms. The number of esters is 1. The molecule has 0 fully saturated rings. The lowest BCUT2D eigenvalue weighted by molar-refractivity contribution is -0.137. The molecule has 0 amide bonds. The molecule has 0 unspecified atom stereocenters. The lowest BCUT2D eigenvalue weighted by atomic mass is 10.3. The first-order chi connectivity index (χ1) is 7.54. The van der Waals surface area contributed by atoms with E-state index >= 15 is 0 Å². The Morgan fingerprint density at radius 1 is 1.31 bits per heavy atom. The van der Waals surface area contributed by atoms with Gasteiger partial charge in [-0.3, -0.25) is 0 Å². The van der Waals surface area contributed by atoms with Gasteiger partial charge in [-0.15, -0.1) is 0 Å². The molecule has 0 atom stereocenters. The van der Waals surface area contributed by atoms with E-state index in [0.717, 1.165) is 0 Å². The van der Waals surface area contributed by atoms with E-state index in [1.54, 1.807) is 6.92 Å². The van der Waals surface area contributed by atoms with Crippen molar-refractivity contribution in [2.45, 2.75) is 6.92 Å². The molecule has 0 aliphatic carbocycles. The van der Waals surface area contributed by atoms with Crippen LogP contribution in [0, 0.1) is 0 Å². The Morgan fingerprint density at radius 2 is 1.88 bits per heavy atom. The Balaban J connectivity index is 2.93. The van der Waals surface area contributed by atoms with Crippen LogP contribution in [0.15, 0.2) is 6.08 Å². The molecule has 0 aliphatic rings. The summed E-state index contributed by atoms with van der Waals surface area (Å²) in [4.78, 5) is 18.4. The monoisotopic (exact) mass is 280 g/mol. The van der Waals surface area contributed by atoms with E-state index in [2.05, 4.69) is 14.7 Å². The summed E-state index contributed by atoms with van der Waals surface area (Å²) in [6.45, 7) is 2.00. The van der Waals surface area contributed by atoms with Gasteiger partial charge in [-0.2, -0.15) is 0 Å². The fraction of sp³-hybridized carbons (Fsp3) is 0.222. The number of carbonyl (C=O) groups is 1. The zero-order chi connectivity index (χ0) is 12.1. The maximum absolute atomic E-state index is 11.0. The van der Waals surface area contributed by atoms with Crippen LogP contribution < -0.4 is 0 Å². The molecule has 0 saturated heterocycles. The van der Waals surface area contributed by atoms with Crippen molar-refractivity contribution in [1.29, 1.82) is 0 Å². The van der Waals surface area contributed by atoms with Gasteiger partial charge in [-0.25, -0.2) is 14.8 Å². The van der Waals surface area contributed by atoms with Crippen LogP contribution in [0.5, 0.6) is 0 Å². The first kappa shape index (κ1) is 13.2. The van der Waals surface area contributed by atoms with Crippen molar-refractivity contribution in [3.63, 3.8) is 0 Å². The molecule has 0 spiro atoms. The zero-order valence-corrected chi connectivity index (χ0v) is 10.5. The lowest BCUT2D eigenvalue weighted by Crippen LogP contribution is -1.99. The Kier molecular flexibility index (Phi) is 4.99. The average molecular weight is 282 g/mol. The summed E-state index contributed by atoms with van der Waals surface area (Å²) in [5.41, 5.74) is 0.320. The highest BCUT2D eigenvalue weighted by atomic mass is 35.5. The quantitative estimate of drug-likeness (QED) is 0.370. The number of ether oxygens (including phenoxy) is 1. The highest BCUT2D eigenvalue weighted by Crippen LogP contribution is 2.24. The molecule has 0 aromatic carbocycles. The van der Waals surface area contributed by atoms with E-state index < -0.39 is 5.97 Å². The van der Waals surface area contributed by atoms with Gasteiger partial charge in [-0.1, -0.05) is 23.2 Å². The van der Waals surface area contributed by atoms with E-state index in [0.29, 0.717) is 12.2 Å². The smallest absolute Gasteiger partial charge is 0.330 e. The third-order valence-corrected chi connectivity index (χ3v) is 2.24. The largest absolute Gasteiger partial charge is 0.463 e. The molecule has 1 heterocycles. The van der Waals surface area contributed by atoms with E-state index in [1.807, 2.05) is 0 Å². The minimum Gasteiger partial charge on any atom is -0.463 e. The molecule has 86 valence electrons. The summed E-state index contributed by atoms with van der Waals surface area (Å²) < 4.78 is 4.69. The van der Waals surface area contributed by atoms with E-state index in [1.165, 1.54) is 12.2 Å². The molecular weight excluding hydrogens is 274 g/mol. The van der Waals surface area contributed by atoms with Crippen LogP contribution in [0.4, 0.5) is 0 Å². The number of rotatable bonds is 3. The van der Waals surface area contributed by atoms with Gasteiger partial charge < -0.3 is 4.74 Å². The number of carbonyl (C=O) groups excluding carboxylic acids is 1. The number of hydrogen-bond donors (Lipinski definition) is 0. The number of halogens is 3. The lowest BCUT2D eigenvalue weighted by Gasteiger charge is -2.00. The predicted octanol–water partition coefficient (Wildman–Crippen LogP) is 3.01. The fourth-order valence-electron chi connectivity index (χ4n) is 0.872. The average Bonchev–Trinajstić information content (AvgIpc) is 2.16. The molecule has 16 heavy (non-hydrogen) atoms. The maximum Gasteiger partial charge on any atom is 0.330 e. The van der Waals surface area contributed by atoms with Crippen molar-refractivity contribution in [2.24, 2.45) is 0 Å². The summed E-state index contributed by atoms with van der Waals surface area (Å²) in [6.07, 6.45) is 2.56. The Bertz CT molecular complexity index is 412. The molecule has 0 N–H and O–H groups in total. The Labute approximate surface area is 107 Å². The van der Waals surface area contributed by atoms with Crippen LogP contribution in [0.1, 0.15) is 12.5 Å². The van der Waals surface area contributed by atoms with Crippen molar-refractivity contribution in [1.82, 2.24) is 9.97 Å². The van der Waals surface area contributed by atoms with Gasteiger partial charge in [0.2, 0.25) is 5.28 Å². The summed E-state index contributed by atoms with van der Waals surface area (Å²) in [7, 11) is 0. The van der Waals surface area contributed by atoms with Gasteiger partial charge in [0, 0.05) is 11.6 Å². The van der Waals surface area contributed by atoms with Crippen LogP contribution in [0.2, 0.25) is 15.6 Å². The molecule has 1 aromatic heterocycles. The van der Waals surface area contributed by atoms with Gasteiger partial charge in [0.15, 0.2) is 0 Å². The van der Waals surface area contributed by atoms with Crippen LogP contribution in [0.25, 0.3) is 6.08 Å². The first-order valence-electron chi connectivity index (χ1n) is 4.28. The van der Waals surface area contributed by atoms with Crippen LogP contribution in [-0.2, 0) is 9.53 Å². The van der Waals surface area contributed by atoms with E-state index in [-0.39, 0.29) is 15.6 Å². The van der Waals surface area contributed by atoms with Crippen LogP contribution in [-0.4, -0.2) is 22.5 Å². The minimum atomic E-state index is -0.496. The standard InChI is InChI=1S/C9H7Cl3N2O2/c1-2-16-6(15)4-3-5-7(10)13-9(12)14-8(5)11/h3-4H,2H2,1H3. The van der Waals surface area contributed by atoms with Gasteiger partial charge in [0.05, 0.1) is 6.61 Å². The Hall–Kier alpha value is -0.840. The molecule has 4 nitrogen and oxygen atoms in total. The van der Waals surface area contributed by atoms with Crippen molar-refractivity contribution in [3.8, 4) is 0 Å². The van der Waals surface area contributed by atoms with Gasteiger partial charge in [0.1, 0.15) is 10.3 Å². The minimum absolute atomic E-state index is 0.0525. The number of aromatic nitrogens is 2. The predicted molar refractivity (Wildman–Crippen MR) is 62.7 cm³/mol. The summed E-state index contributed by atoms with van der Waals surface area (Å²) >= 11 is 17.1. The van der Waals surface area contributed by atoms with Gasteiger partial charge in [0.25, 0.3) is 0 Å². The zero-order valence-electron chi connectivity index (χ0n) is 8.21. The Morgan fingerprint density at radius 3 is 2.38 bits per heavy atom. The third-order valence-electron chi connectivity index (χ3n) is 1.50. The normalized spacial score (nSPS) is 10.8. The molecule has 0 aliphatic heterocycles. The van der Waals surface area contributed by atoms with Crippen molar-refractivity contribution in [2.75, 3.05) is 6.61 Å². The number of nitrogens with zero attached hydrogens (tertiary/aromatic N) is 2. The molecule has 1 aromatic rings. The van der Waals surface area contributed by atoms with E-state index in [9.17, 15) is 4.79 Å². The number of hydrogen-bond acceptors (Lipinski definition) is 4. The van der Waals surface area contributed by atoms with Crippen LogP contribution in [0.3, 0.4) is 0 Å². The second-order valence-corrected chi connectivity index (χ2v) is 3.63. The summed E-state index contributed by atoms with van der Waals surface area (Å²) in [5, 5.41) is 0.0966.